The molecule has 15 heavy (non-hydrogen) atoms. The van der Waals surface area contributed by atoms with Crippen molar-refractivity contribution in [3.63, 3.8) is 0 Å². The fourth-order valence-corrected chi connectivity index (χ4v) is 1.59. The van der Waals surface area contributed by atoms with Crippen molar-refractivity contribution in [3.8, 4) is 11.4 Å². The van der Waals surface area contributed by atoms with Crippen LogP contribution < -0.4 is 0 Å². The number of fused-ring (bicyclic) bond motifs is 1. The summed E-state index contributed by atoms with van der Waals surface area (Å²) in [6.07, 6.45) is 6.40. The van der Waals surface area contributed by atoms with E-state index in [1.165, 1.54) is 5.39 Å². The Hall–Kier alpha value is -2.16. The molecule has 0 saturated heterocycles. The summed E-state index contributed by atoms with van der Waals surface area (Å²) >= 11 is 0. The van der Waals surface area contributed by atoms with Gasteiger partial charge >= 0.3 is 0 Å². The van der Waals surface area contributed by atoms with Crippen LogP contribution in [-0.2, 0) is 0 Å². The number of hydrogen-bond donors (Lipinski definition) is 1. The second kappa shape index (κ2) is 3.20. The molecule has 0 atom stereocenters. The molecule has 0 bridgehead atoms. The van der Waals surface area contributed by atoms with E-state index < -0.39 is 0 Å². The number of H-pyrrole nitrogens is 1. The number of rotatable bonds is 1. The zero-order valence-corrected chi connectivity index (χ0v) is 7.94. The van der Waals surface area contributed by atoms with Gasteiger partial charge in [0, 0.05) is 23.5 Å². The molecule has 1 radical (unpaired) electrons. The predicted molar refractivity (Wildman–Crippen MR) is 58.2 cm³/mol. The lowest BCUT2D eigenvalue weighted by Gasteiger charge is -1.98. The topological polar surface area (TPSA) is 41.6 Å². The highest BCUT2D eigenvalue weighted by molar-refractivity contribution is 5.83. The van der Waals surface area contributed by atoms with Crippen LogP contribution in [0, 0.1) is 6.20 Å². The van der Waals surface area contributed by atoms with Gasteiger partial charge in [-0.05, 0) is 23.6 Å². The van der Waals surface area contributed by atoms with Gasteiger partial charge in [-0.1, -0.05) is 12.1 Å². The number of hydrogen-bond acceptors (Lipinski definition) is 2. The van der Waals surface area contributed by atoms with Crippen LogP contribution in [0.25, 0.3) is 22.3 Å². The molecule has 3 nitrogen and oxygen atoms in total. The standard InChI is InChI=1S/C12H8N3/c1-5-14-12(15-6-1)10-3-2-9-4-7-13-11(9)8-10/h1-5,7-8,13H. The third-order valence-corrected chi connectivity index (χ3v) is 2.33. The molecular weight excluding hydrogens is 186 g/mol. The summed E-state index contributed by atoms with van der Waals surface area (Å²) in [5, 5.41) is 1.19. The minimum absolute atomic E-state index is 0.703. The van der Waals surface area contributed by atoms with Gasteiger partial charge in [-0.2, -0.15) is 0 Å². The van der Waals surface area contributed by atoms with Gasteiger partial charge in [0.2, 0.25) is 0 Å². The Balaban J connectivity index is 2.19. The minimum atomic E-state index is 0.703. The summed E-state index contributed by atoms with van der Waals surface area (Å²) in [6, 6.07) is 9.84. The Kier molecular flexibility index (Phi) is 1.75. The molecule has 3 aromatic rings. The van der Waals surface area contributed by atoms with E-state index in [9.17, 15) is 0 Å². The lowest BCUT2D eigenvalue weighted by molar-refractivity contribution is 1.17. The Morgan fingerprint density at radius 2 is 2.20 bits per heavy atom. The van der Waals surface area contributed by atoms with Gasteiger partial charge in [0.15, 0.2) is 5.82 Å². The van der Waals surface area contributed by atoms with Crippen molar-refractivity contribution < 1.29 is 0 Å². The fourth-order valence-electron chi connectivity index (χ4n) is 1.59. The van der Waals surface area contributed by atoms with Crippen molar-refractivity contribution in [2.75, 3.05) is 0 Å². The molecule has 0 aliphatic rings. The van der Waals surface area contributed by atoms with Crippen LogP contribution in [0.5, 0.6) is 0 Å². The quantitative estimate of drug-likeness (QED) is 0.646. The summed E-state index contributed by atoms with van der Waals surface area (Å²) in [5.41, 5.74) is 2.10. The monoisotopic (exact) mass is 194 g/mol. The predicted octanol–water partition coefficient (Wildman–Crippen LogP) is 2.43. The van der Waals surface area contributed by atoms with Gasteiger partial charge in [-0.25, -0.2) is 9.97 Å². The highest BCUT2D eigenvalue weighted by Crippen LogP contribution is 2.20. The Morgan fingerprint density at radius 3 is 3.07 bits per heavy atom. The lowest BCUT2D eigenvalue weighted by atomic mass is 10.1. The molecule has 0 amide bonds. The maximum atomic E-state index is 4.18. The normalized spacial score (nSPS) is 10.7. The fraction of sp³-hybridized carbons (Fsp3) is 0. The van der Waals surface area contributed by atoms with Gasteiger partial charge in [-0.15, -0.1) is 0 Å². The SMILES string of the molecule is [c]1ccnc(-c2ccc3cc[nH]c3c2)n1. The zero-order chi connectivity index (χ0) is 10.1. The van der Waals surface area contributed by atoms with E-state index >= 15 is 0 Å². The summed E-state index contributed by atoms with van der Waals surface area (Å²) in [7, 11) is 0. The van der Waals surface area contributed by atoms with Gasteiger partial charge in [0.05, 0.1) is 6.20 Å². The molecule has 3 rings (SSSR count). The molecule has 3 heteroatoms. The van der Waals surface area contributed by atoms with Crippen LogP contribution in [0.4, 0.5) is 0 Å². The average molecular weight is 194 g/mol. The van der Waals surface area contributed by atoms with Gasteiger partial charge in [-0.3, -0.25) is 0 Å². The highest BCUT2D eigenvalue weighted by Gasteiger charge is 2.01. The molecular formula is C12H8N3. The van der Waals surface area contributed by atoms with Crippen LogP contribution in [0.1, 0.15) is 0 Å². The van der Waals surface area contributed by atoms with Crippen molar-refractivity contribution >= 4 is 10.9 Å². The van der Waals surface area contributed by atoms with E-state index in [1.807, 2.05) is 24.4 Å². The van der Waals surface area contributed by atoms with Gasteiger partial charge < -0.3 is 4.98 Å². The largest absolute Gasteiger partial charge is 0.361 e. The van der Waals surface area contributed by atoms with E-state index in [0.29, 0.717) is 5.82 Å². The molecule has 71 valence electrons. The van der Waals surface area contributed by atoms with E-state index in [1.54, 1.807) is 12.3 Å². The third-order valence-electron chi connectivity index (χ3n) is 2.33. The number of aromatic nitrogens is 3. The first-order valence-corrected chi connectivity index (χ1v) is 4.70. The number of nitrogens with one attached hydrogen (secondary N) is 1. The van der Waals surface area contributed by atoms with Crippen LogP contribution in [-0.4, -0.2) is 15.0 Å². The van der Waals surface area contributed by atoms with Crippen molar-refractivity contribution in [1.29, 1.82) is 0 Å². The molecule has 1 N–H and O–H groups in total. The van der Waals surface area contributed by atoms with Gasteiger partial charge in [0.25, 0.3) is 0 Å². The molecule has 2 heterocycles. The molecule has 0 saturated carbocycles. The number of benzene rings is 1. The summed E-state index contributed by atoms with van der Waals surface area (Å²) < 4.78 is 0. The third kappa shape index (κ3) is 1.38. The van der Waals surface area contributed by atoms with Crippen molar-refractivity contribution in [2.45, 2.75) is 0 Å². The summed E-state index contributed by atoms with van der Waals surface area (Å²) in [5.74, 6) is 0.703. The molecule has 0 unspecified atom stereocenters. The highest BCUT2D eigenvalue weighted by atomic mass is 14.8. The Labute approximate surface area is 86.8 Å². The minimum Gasteiger partial charge on any atom is -0.361 e. The van der Waals surface area contributed by atoms with E-state index in [0.717, 1.165) is 11.1 Å². The van der Waals surface area contributed by atoms with Gasteiger partial charge in [0.1, 0.15) is 0 Å². The first kappa shape index (κ1) is 8.17. The summed E-state index contributed by atoms with van der Waals surface area (Å²) in [4.78, 5) is 11.4. The van der Waals surface area contributed by atoms with E-state index in [-0.39, 0.29) is 0 Å². The zero-order valence-electron chi connectivity index (χ0n) is 7.94. The smallest absolute Gasteiger partial charge is 0.159 e. The van der Waals surface area contributed by atoms with Crippen molar-refractivity contribution in [1.82, 2.24) is 15.0 Å². The van der Waals surface area contributed by atoms with Crippen LogP contribution in [0.2, 0.25) is 0 Å². The number of nitrogens with zero attached hydrogens (tertiary/aromatic N) is 2. The molecule has 0 aliphatic heterocycles. The lowest BCUT2D eigenvalue weighted by Crippen LogP contribution is -1.86. The number of aromatic amines is 1. The van der Waals surface area contributed by atoms with Crippen LogP contribution in [0.3, 0.4) is 0 Å². The Bertz CT molecular complexity index is 584. The maximum absolute atomic E-state index is 4.18. The van der Waals surface area contributed by atoms with Crippen molar-refractivity contribution in [2.24, 2.45) is 0 Å². The summed E-state index contributed by atoms with van der Waals surface area (Å²) in [6.45, 7) is 0. The first-order chi connectivity index (χ1) is 7.43. The van der Waals surface area contributed by atoms with Crippen LogP contribution in [0.15, 0.2) is 42.7 Å². The molecule has 0 fully saturated rings. The van der Waals surface area contributed by atoms with Crippen molar-refractivity contribution in [3.05, 3.63) is 48.9 Å². The van der Waals surface area contributed by atoms with E-state index in [4.69, 9.17) is 0 Å². The average Bonchev–Trinajstić information content (AvgIpc) is 2.77. The molecule has 0 aliphatic carbocycles. The second-order valence-electron chi connectivity index (χ2n) is 3.29. The molecule has 2 aromatic heterocycles. The van der Waals surface area contributed by atoms with E-state index in [2.05, 4.69) is 27.2 Å². The molecule has 0 spiro atoms. The molecule has 1 aromatic carbocycles. The second-order valence-corrected chi connectivity index (χ2v) is 3.29. The maximum Gasteiger partial charge on any atom is 0.159 e. The Morgan fingerprint density at radius 1 is 1.20 bits per heavy atom. The first-order valence-electron chi connectivity index (χ1n) is 4.70. The van der Waals surface area contributed by atoms with Crippen LogP contribution >= 0.6 is 0 Å².